The molecule has 0 atom stereocenters. The highest BCUT2D eigenvalue weighted by Gasteiger charge is 2.24. The summed E-state index contributed by atoms with van der Waals surface area (Å²) in [6.07, 6.45) is 6.33. The number of para-hydroxylation sites is 2. The Hall–Kier alpha value is -2.83. The molecule has 142 valence electrons. The molecule has 7 heteroatoms. The number of hydrogen-bond donors (Lipinski definition) is 1. The lowest BCUT2D eigenvalue weighted by Crippen LogP contribution is -2.39. The zero-order chi connectivity index (χ0) is 18.6. The highest BCUT2D eigenvalue weighted by atomic mass is 16.5. The van der Waals surface area contributed by atoms with Crippen molar-refractivity contribution in [1.82, 2.24) is 14.9 Å². The molecule has 3 heterocycles. The van der Waals surface area contributed by atoms with Gasteiger partial charge in [0.1, 0.15) is 5.75 Å². The summed E-state index contributed by atoms with van der Waals surface area (Å²) in [4.78, 5) is 26.1. The normalized spacial score (nSPS) is 16.6. The number of urea groups is 1. The highest BCUT2D eigenvalue weighted by Crippen LogP contribution is 2.25. The molecular weight excluding hydrogens is 342 g/mol. The number of nitrogens with zero attached hydrogens (tertiary/aromatic N) is 4. The number of anilines is 2. The molecule has 4 rings (SSSR count). The first-order valence-corrected chi connectivity index (χ1v) is 9.53. The summed E-state index contributed by atoms with van der Waals surface area (Å²) in [6.45, 7) is 3.24. The average Bonchev–Trinajstić information content (AvgIpc) is 2.74. The van der Waals surface area contributed by atoms with Crippen LogP contribution in [0.1, 0.15) is 30.5 Å². The van der Waals surface area contributed by atoms with Gasteiger partial charge in [-0.2, -0.15) is 0 Å². The molecule has 2 amide bonds. The minimum absolute atomic E-state index is 0.134. The van der Waals surface area contributed by atoms with Crippen molar-refractivity contribution in [2.45, 2.75) is 32.2 Å². The van der Waals surface area contributed by atoms with Crippen LogP contribution in [0.4, 0.5) is 16.4 Å². The molecule has 0 unspecified atom stereocenters. The van der Waals surface area contributed by atoms with Gasteiger partial charge < -0.3 is 19.9 Å². The first-order valence-electron chi connectivity index (χ1n) is 9.53. The first kappa shape index (κ1) is 17.6. The average molecular weight is 367 g/mol. The molecule has 1 fully saturated rings. The van der Waals surface area contributed by atoms with Crippen molar-refractivity contribution in [3.63, 3.8) is 0 Å². The Kier molecular flexibility index (Phi) is 5.09. The Morgan fingerprint density at radius 1 is 1.15 bits per heavy atom. The van der Waals surface area contributed by atoms with Crippen LogP contribution >= 0.6 is 0 Å². The van der Waals surface area contributed by atoms with E-state index in [1.807, 2.05) is 30.5 Å². The molecule has 0 radical (unpaired) electrons. The van der Waals surface area contributed by atoms with Crippen LogP contribution in [0.15, 0.2) is 30.5 Å². The molecule has 2 aromatic rings. The summed E-state index contributed by atoms with van der Waals surface area (Å²) >= 11 is 0. The Labute approximate surface area is 159 Å². The van der Waals surface area contributed by atoms with E-state index in [1.54, 1.807) is 12.0 Å². The molecule has 1 saturated heterocycles. The van der Waals surface area contributed by atoms with E-state index >= 15 is 0 Å². The molecule has 0 saturated carbocycles. The van der Waals surface area contributed by atoms with Gasteiger partial charge in [-0.1, -0.05) is 12.1 Å². The fourth-order valence-electron chi connectivity index (χ4n) is 3.67. The molecule has 7 nitrogen and oxygen atoms in total. The predicted octanol–water partition coefficient (Wildman–Crippen LogP) is 3.07. The van der Waals surface area contributed by atoms with E-state index in [0.29, 0.717) is 24.5 Å². The maximum Gasteiger partial charge on any atom is 0.322 e. The highest BCUT2D eigenvalue weighted by molar-refractivity contribution is 5.91. The van der Waals surface area contributed by atoms with Gasteiger partial charge in [-0.05, 0) is 31.4 Å². The van der Waals surface area contributed by atoms with E-state index in [0.717, 1.165) is 36.7 Å². The van der Waals surface area contributed by atoms with E-state index < -0.39 is 0 Å². The Morgan fingerprint density at radius 3 is 2.78 bits per heavy atom. The molecule has 2 aliphatic heterocycles. The quantitative estimate of drug-likeness (QED) is 0.903. The van der Waals surface area contributed by atoms with Gasteiger partial charge in [0.2, 0.25) is 5.95 Å². The number of fused-ring (bicyclic) bond motifs is 1. The van der Waals surface area contributed by atoms with Crippen molar-refractivity contribution >= 4 is 17.7 Å². The lowest BCUT2D eigenvalue weighted by Gasteiger charge is -2.30. The Morgan fingerprint density at radius 2 is 1.96 bits per heavy atom. The number of piperidine rings is 1. The number of hydrogen-bond acceptors (Lipinski definition) is 5. The largest absolute Gasteiger partial charge is 0.495 e. The minimum atomic E-state index is -0.134. The maximum absolute atomic E-state index is 12.7. The smallest absolute Gasteiger partial charge is 0.322 e. The summed E-state index contributed by atoms with van der Waals surface area (Å²) in [5.74, 6) is 1.48. The Bertz CT molecular complexity index is 820. The summed E-state index contributed by atoms with van der Waals surface area (Å²) in [7, 11) is 1.60. The molecule has 1 aromatic carbocycles. The van der Waals surface area contributed by atoms with Crippen LogP contribution in [0.5, 0.6) is 5.75 Å². The number of rotatable bonds is 3. The molecule has 0 aliphatic carbocycles. The van der Waals surface area contributed by atoms with Crippen LogP contribution in [0.25, 0.3) is 0 Å². The third-order valence-electron chi connectivity index (χ3n) is 5.20. The van der Waals surface area contributed by atoms with Gasteiger partial charge >= 0.3 is 6.03 Å². The van der Waals surface area contributed by atoms with E-state index in [4.69, 9.17) is 9.72 Å². The van der Waals surface area contributed by atoms with Crippen LogP contribution in [0.2, 0.25) is 0 Å². The second kappa shape index (κ2) is 7.82. The number of carbonyl (C=O) groups is 1. The third kappa shape index (κ3) is 3.82. The molecule has 1 aromatic heterocycles. The predicted molar refractivity (Wildman–Crippen MR) is 104 cm³/mol. The van der Waals surface area contributed by atoms with Crippen LogP contribution in [0.3, 0.4) is 0 Å². The first-order chi connectivity index (χ1) is 13.2. The van der Waals surface area contributed by atoms with Crippen LogP contribution in [0, 0.1) is 0 Å². The number of aromatic nitrogens is 2. The summed E-state index contributed by atoms with van der Waals surface area (Å²) < 4.78 is 5.30. The molecule has 0 spiro atoms. The molecule has 27 heavy (non-hydrogen) atoms. The van der Waals surface area contributed by atoms with Crippen molar-refractivity contribution in [2.75, 3.05) is 37.0 Å². The molecule has 1 N–H and O–H groups in total. The van der Waals surface area contributed by atoms with Gasteiger partial charge in [-0.15, -0.1) is 0 Å². The van der Waals surface area contributed by atoms with Gasteiger partial charge in [0.05, 0.1) is 25.0 Å². The molecular formula is C20H25N5O2. The maximum atomic E-state index is 12.7. The fourth-order valence-corrected chi connectivity index (χ4v) is 3.67. The van der Waals surface area contributed by atoms with Crippen molar-refractivity contribution in [3.8, 4) is 5.75 Å². The lowest BCUT2D eigenvalue weighted by molar-refractivity contribution is 0.205. The number of methoxy groups -OCH3 is 1. The minimum Gasteiger partial charge on any atom is -0.495 e. The topological polar surface area (TPSA) is 70.6 Å². The number of nitrogens with one attached hydrogen (secondary N) is 1. The van der Waals surface area contributed by atoms with Crippen LogP contribution < -0.4 is 15.0 Å². The summed E-state index contributed by atoms with van der Waals surface area (Å²) in [5, 5.41) is 2.94. The van der Waals surface area contributed by atoms with E-state index in [9.17, 15) is 4.79 Å². The van der Waals surface area contributed by atoms with Crippen molar-refractivity contribution in [2.24, 2.45) is 0 Å². The van der Waals surface area contributed by atoms with Gasteiger partial charge in [0.15, 0.2) is 0 Å². The van der Waals surface area contributed by atoms with E-state index in [1.165, 1.54) is 19.3 Å². The van der Waals surface area contributed by atoms with Gasteiger partial charge in [-0.25, -0.2) is 14.8 Å². The van der Waals surface area contributed by atoms with Crippen molar-refractivity contribution < 1.29 is 9.53 Å². The van der Waals surface area contributed by atoms with E-state index in [2.05, 4.69) is 15.2 Å². The van der Waals surface area contributed by atoms with Crippen LogP contribution in [-0.2, 0) is 13.0 Å². The van der Waals surface area contributed by atoms with Gasteiger partial charge in [0, 0.05) is 37.8 Å². The second-order valence-corrected chi connectivity index (χ2v) is 6.99. The zero-order valence-electron chi connectivity index (χ0n) is 15.6. The second-order valence-electron chi connectivity index (χ2n) is 6.99. The number of carbonyl (C=O) groups excluding carboxylic acids is 1. The van der Waals surface area contributed by atoms with Gasteiger partial charge in [-0.3, -0.25) is 0 Å². The lowest BCUT2D eigenvalue weighted by atomic mass is 10.1. The molecule has 2 aliphatic rings. The number of amides is 2. The van der Waals surface area contributed by atoms with Crippen molar-refractivity contribution in [1.29, 1.82) is 0 Å². The number of ether oxygens (including phenoxy) is 1. The summed E-state index contributed by atoms with van der Waals surface area (Å²) in [6, 6.07) is 7.28. The zero-order valence-corrected chi connectivity index (χ0v) is 15.6. The SMILES string of the molecule is COc1ccccc1NC(=O)N1CCc2nc(N3CCCCC3)ncc2C1. The third-order valence-corrected chi connectivity index (χ3v) is 5.20. The summed E-state index contributed by atoms with van der Waals surface area (Å²) in [5.41, 5.74) is 2.76. The molecule has 0 bridgehead atoms. The Balaban J connectivity index is 1.44. The fraction of sp³-hybridized carbons (Fsp3) is 0.450. The number of benzene rings is 1. The van der Waals surface area contributed by atoms with Crippen LogP contribution in [-0.4, -0.2) is 47.6 Å². The standard InChI is InChI=1S/C20H25N5O2/c1-27-18-8-4-3-7-17(18)23-20(26)25-12-9-16-15(14-25)13-21-19(22-16)24-10-5-2-6-11-24/h3-4,7-8,13H,2,5-6,9-12,14H2,1H3,(H,23,26). The monoisotopic (exact) mass is 367 g/mol. The van der Waals surface area contributed by atoms with Crippen molar-refractivity contribution in [3.05, 3.63) is 41.7 Å². The van der Waals surface area contributed by atoms with Gasteiger partial charge in [0.25, 0.3) is 0 Å². The van der Waals surface area contributed by atoms with E-state index in [-0.39, 0.29) is 6.03 Å².